The van der Waals surface area contributed by atoms with E-state index in [0.717, 1.165) is 35.0 Å². The highest BCUT2D eigenvalue weighted by molar-refractivity contribution is 8.18. The molecule has 5 atom stereocenters. The van der Waals surface area contributed by atoms with Gasteiger partial charge in [0, 0.05) is 41.4 Å². The quantitative estimate of drug-likeness (QED) is 0.357. The minimum atomic E-state index is -0.645. The monoisotopic (exact) mass is 651 g/mol. The number of amides is 2. The lowest BCUT2D eigenvalue weighted by Crippen LogP contribution is -2.57. The highest BCUT2D eigenvalue weighted by Crippen LogP contribution is 2.56. The maximum Gasteiger partial charge on any atom is 0.263 e. The standard InChI is InChI=1S/C34H39Cl2N5O2S/c1-6-26-15-16-27(31(42)39-18-17-37-21(4)19-39)40(26)32(43)29-28(20(2)3)41-30(22-7-11-24(35)12-8-22)34(5,38-33(41)44-29)23-9-13-25(36)14-10-23/h7-16,20-21,26-27,30,37H,6,17-19H2,1-5H3/t21-,26-,27+,30-,34+/m1/s1. The molecule has 0 aromatic heterocycles. The number of fused-ring (bicyclic) bond motifs is 1. The summed E-state index contributed by atoms with van der Waals surface area (Å²) in [7, 11) is 0. The van der Waals surface area contributed by atoms with Crippen molar-refractivity contribution in [2.75, 3.05) is 19.6 Å². The first-order valence-corrected chi connectivity index (χ1v) is 17.0. The van der Waals surface area contributed by atoms with Gasteiger partial charge in [-0.3, -0.25) is 9.59 Å². The van der Waals surface area contributed by atoms with Crippen LogP contribution in [0.15, 0.2) is 76.3 Å². The summed E-state index contributed by atoms with van der Waals surface area (Å²) in [4.78, 5) is 40.5. The summed E-state index contributed by atoms with van der Waals surface area (Å²) < 4.78 is 0. The highest BCUT2D eigenvalue weighted by atomic mass is 35.5. The van der Waals surface area contributed by atoms with Crippen molar-refractivity contribution < 1.29 is 9.59 Å². The Morgan fingerprint density at radius 3 is 2.34 bits per heavy atom. The Kier molecular flexibility index (Phi) is 8.65. The predicted molar refractivity (Wildman–Crippen MR) is 180 cm³/mol. The van der Waals surface area contributed by atoms with E-state index in [2.05, 4.69) is 44.8 Å². The summed E-state index contributed by atoms with van der Waals surface area (Å²) in [6.07, 6.45) is 4.67. The van der Waals surface area contributed by atoms with Crippen molar-refractivity contribution >= 4 is 51.9 Å². The second-order valence-corrected chi connectivity index (χ2v) is 14.4. The number of carbonyl (C=O) groups excluding carboxylic acids is 2. The molecule has 2 aromatic carbocycles. The van der Waals surface area contributed by atoms with Gasteiger partial charge >= 0.3 is 0 Å². The van der Waals surface area contributed by atoms with E-state index in [9.17, 15) is 9.59 Å². The van der Waals surface area contributed by atoms with Crippen LogP contribution in [0.2, 0.25) is 10.0 Å². The molecule has 2 amide bonds. The fraction of sp³-hybridized carbons (Fsp3) is 0.441. The van der Waals surface area contributed by atoms with Gasteiger partial charge in [-0.15, -0.1) is 0 Å². The van der Waals surface area contributed by atoms with E-state index in [0.29, 0.717) is 28.0 Å². The molecule has 4 aliphatic rings. The van der Waals surface area contributed by atoms with Gasteiger partial charge in [0.05, 0.1) is 12.1 Å². The molecule has 0 bridgehead atoms. The molecule has 6 rings (SSSR count). The van der Waals surface area contributed by atoms with Crippen LogP contribution < -0.4 is 5.32 Å². The van der Waals surface area contributed by atoms with Crippen molar-refractivity contribution in [3.63, 3.8) is 0 Å². The first-order valence-electron chi connectivity index (χ1n) is 15.4. The first kappa shape index (κ1) is 31.2. The number of carbonyl (C=O) groups is 2. The number of benzene rings is 2. The van der Waals surface area contributed by atoms with Gasteiger partial charge in [0.2, 0.25) is 5.91 Å². The fourth-order valence-electron chi connectivity index (χ4n) is 6.94. The Labute approximate surface area is 274 Å². The molecule has 1 N–H and O–H groups in total. The fourth-order valence-corrected chi connectivity index (χ4v) is 8.54. The molecule has 1 saturated heterocycles. The zero-order chi connectivity index (χ0) is 31.3. The van der Waals surface area contributed by atoms with Gasteiger partial charge in [0.1, 0.15) is 16.5 Å². The van der Waals surface area contributed by atoms with Crippen molar-refractivity contribution in [2.45, 2.75) is 70.7 Å². The lowest BCUT2D eigenvalue weighted by molar-refractivity contribution is -0.143. The molecular formula is C34H39Cl2N5O2S. The van der Waals surface area contributed by atoms with Gasteiger partial charge in [-0.2, -0.15) is 0 Å². The minimum absolute atomic E-state index is 0.0132. The highest BCUT2D eigenvalue weighted by Gasteiger charge is 2.54. The van der Waals surface area contributed by atoms with E-state index in [1.165, 1.54) is 11.8 Å². The Bertz CT molecular complexity index is 1540. The number of aliphatic imine (C=N–C) groups is 1. The van der Waals surface area contributed by atoms with Crippen LogP contribution >= 0.6 is 35.0 Å². The van der Waals surface area contributed by atoms with Crippen LogP contribution in [0.3, 0.4) is 0 Å². The van der Waals surface area contributed by atoms with E-state index >= 15 is 0 Å². The molecule has 0 spiro atoms. The first-order chi connectivity index (χ1) is 21.0. The van der Waals surface area contributed by atoms with E-state index in [1.807, 2.05) is 65.6 Å². The molecule has 232 valence electrons. The third-order valence-corrected chi connectivity index (χ3v) is 10.7. The van der Waals surface area contributed by atoms with Gasteiger partial charge in [-0.25, -0.2) is 4.99 Å². The maximum atomic E-state index is 14.7. The van der Waals surface area contributed by atoms with Crippen molar-refractivity contribution in [1.29, 1.82) is 0 Å². The zero-order valence-corrected chi connectivity index (χ0v) is 28.1. The van der Waals surface area contributed by atoms with Crippen LogP contribution in [-0.2, 0) is 15.1 Å². The summed E-state index contributed by atoms with van der Waals surface area (Å²) in [6.45, 7) is 12.5. The Balaban J connectivity index is 1.41. The van der Waals surface area contributed by atoms with Crippen molar-refractivity contribution in [3.05, 3.63) is 92.5 Å². The molecule has 44 heavy (non-hydrogen) atoms. The second kappa shape index (κ2) is 12.2. The largest absolute Gasteiger partial charge is 0.338 e. The van der Waals surface area contributed by atoms with Crippen molar-refractivity contribution in [2.24, 2.45) is 10.9 Å². The molecule has 10 heteroatoms. The van der Waals surface area contributed by atoms with Crippen LogP contribution in [0.4, 0.5) is 0 Å². The topological polar surface area (TPSA) is 68.2 Å². The number of nitrogens with one attached hydrogen (secondary N) is 1. The average Bonchev–Trinajstić information content (AvgIpc) is 3.67. The molecular weight excluding hydrogens is 613 g/mol. The number of nitrogens with zero attached hydrogens (tertiary/aromatic N) is 4. The van der Waals surface area contributed by atoms with Gasteiger partial charge in [0.15, 0.2) is 5.17 Å². The van der Waals surface area contributed by atoms with E-state index < -0.39 is 11.6 Å². The number of piperazine rings is 1. The molecule has 7 nitrogen and oxygen atoms in total. The molecule has 0 radical (unpaired) electrons. The second-order valence-electron chi connectivity index (χ2n) is 12.5. The number of amidine groups is 1. The van der Waals surface area contributed by atoms with Crippen molar-refractivity contribution in [1.82, 2.24) is 20.0 Å². The molecule has 0 unspecified atom stereocenters. The van der Waals surface area contributed by atoms with Gasteiger partial charge in [-0.05, 0) is 73.3 Å². The van der Waals surface area contributed by atoms with Crippen LogP contribution in [-0.4, -0.2) is 69.4 Å². The van der Waals surface area contributed by atoms with Gasteiger partial charge in [-0.1, -0.05) is 80.4 Å². The summed E-state index contributed by atoms with van der Waals surface area (Å²) in [5, 5.41) is 5.52. The summed E-state index contributed by atoms with van der Waals surface area (Å²) in [6, 6.07) is 15.0. The molecule has 4 heterocycles. The van der Waals surface area contributed by atoms with Crippen LogP contribution in [0.25, 0.3) is 0 Å². The average molecular weight is 653 g/mol. The van der Waals surface area contributed by atoms with Crippen LogP contribution in [0.5, 0.6) is 0 Å². The van der Waals surface area contributed by atoms with Crippen molar-refractivity contribution in [3.8, 4) is 0 Å². The van der Waals surface area contributed by atoms with Gasteiger partial charge < -0.3 is 20.0 Å². The summed E-state index contributed by atoms with van der Waals surface area (Å²) in [5.41, 5.74) is 2.37. The van der Waals surface area contributed by atoms with E-state index in [-0.39, 0.29) is 35.9 Å². The molecule has 1 fully saturated rings. The normalized spacial score (nSPS) is 28.3. The number of allylic oxidation sites excluding steroid dienone is 1. The lowest BCUT2D eigenvalue weighted by Gasteiger charge is -2.38. The van der Waals surface area contributed by atoms with Gasteiger partial charge in [0.25, 0.3) is 5.91 Å². The maximum absolute atomic E-state index is 14.7. The molecule has 2 aromatic rings. The number of halogens is 2. The van der Waals surface area contributed by atoms with E-state index in [4.69, 9.17) is 28.2 Å². The predicted octanol–water partition coefficient (Wildman–Crippen LogP) is 6.60. The minimum Gasteiger partial charge on any atom is -0.338 e. The Morgan fingerprint density at radius 1 is 1.07 bits per heavy atom. The molecule has 0 aliphatic carbocycles. The number of rotatable bonds is 6. The third kappa shape index (κ3) is 5.38. The number of hydrogen-bond acceptors (Lipinski definition) is 6. The van der Waals surface area contributed by atoms with E-state index in [1.54, 1.807) is 4.90 Å². The molecule has 0 saturated carbocycles. The third-order valence-electron chi connectivity index (χ3n) is 9.12. The van der Waals surface area contributed by atoms with Crippen LogP contribution in [0.1, 0.15) is 58.2 Å². The SMILES string of the molecule is CC[C@@H]1C=C[C@@H](C(=O)N2CCN[C@H](C)C2)N1C(=O)C1=C(C(C)C)N2C(=N[C@@](C)(c3ccc(Cl)cc3)[C@H]2c2ccc(Cl)cc2)S1. The molecule has 4 aliphatic heterocycles. The smallest absolute Gasteiger partial charge is 0.263 e. The summed E-state index contributed by atoms with van der Waals surface area (Å²) >= 11 is 14.0. The summed E-state index contributed by atoms with van der Waals surface area (Å²) in [5.74, 6) is -0.103. The lowest BCUT2D eigenvalue weighted by atomic mass is 9.81. The Hall–Kier alpha value is -2.78. The number of hydrogen-bond donors (Lipinski definition) is 1. The zero-order valence-electron chi connectivity index (χ0n) is 25.8. The van der Waals surface area contributed by atoms with Crippen LogP contribution in [0, 0.1) is 5.92 Å². The number of thioether (sulfide) groups is 1. The Morgan fingerprint density at radius 2 is 1.73 bits per heavy atom.